The molecule has 0 spiro atoms. The number of rotatable bonds is 7. The Bertz CT molecular complexity index is 468. The molecule has 0 heterocycles. The zero-order chi connectivity index (χ0) is 13.6. The van der Waals surface area contributed by atoms with Crippen molar-refractivity contribution in [2.45, 2.75) is 25.9 Å². The van der Waals surface area contributed by atoms with Crippen LogP contribution in [0.15, 0.2) is 24.3 Å². The maximum absolute atomic E-state index is 11.0. The highest BCUT2D eigenvalue weighted by Crippen LogP contribution is 2.27. The monoisotopic (exact) mass is 272 g/mol. The zero-order valence-electron chi connectivity index (χ0n) is 10.8. The molecule has 0 aliphatic heterocycles. The topological polar surface area (TPSA) is 63.6 Å². The number of aliphatic hydroxyl groups excluding tert-OH is 1. The Labute approximate surface area is 109 Å². The molecule has 1 aromatic carbocycles. The Morgan fingerprint density at radius 2 is 2.00 bits per heavy atom. The summed E-state index contributed by atoms with van der Waals surface area (Å²) in [7, 11) is -2.96. The first-order valence-corrected chi connectivity index (χ1v) is 8.07. The fourth-order valence-electron chi connectivity index (χ4n) is 1.74. The molecular formula is C13H20O4S. The summed E-state index contributed by atoms with van der Waals surface area (Å²) in [6.07, 6.45) is 1.38. The zero-order valence-corrected chi connectivity index (χ0v) is 11.6. The molecule has 0 saturated heterocycles. The number of hydrogen-bond acceptors (Lipinski definition) is 4. The molecule has 0 aromatic heterocycles. The molecule has 1 atom stereocenters. The lowest BCUT2D eigenvalue weighted by Gasteiger charge is -2.15. The van der Waals surface area contributed by atoms with E-state index < -0.39 is 15.9 Å². The van der Waals surface area contributed by atoms with Gasteiger partial charge >= 0.3 is 0 Å². The molecule has 1 aromatic rings. The standard InChI is InChI=1S/C13H20O4S/c1-3-17-13-9-5-4-7-11(13)12(14)8-6-10-18(2,15)16/h4-5,7,9,12,14H,3,6,8,10H2,1-2H3. The molecule has 1 N–H and O–H groups in total. The maximum Gasteiger partial charge on any atom is 0.147 e. The van der Waals surface area contributed by atoms with Gasteiger partial charge in [0.1, 0.15) is 15.6 Å². The first kappa shape index (κ1) is 15.0. The second-order valence-corrected chi connectivity index (χ2v) is 6.52. The van der Waals surface area contributed by atoms with E-state index in [1.54, 1.807) is 12.1 Å². The van der Waals surface area contributed by atoms with E-state index in [-0.39, 0.29) is 5.75 Å². The van der Waals surface area contributed by atoms with E-state index in [2.05, 4.69) is 0 Å². The molecule has 102 valence electrons. The molecule has 1 rings (SSSR count). The van der Waals surface area contributed by atoms with Crippen molar-refractivity contribution < 1.29 is 18.3 Å². The van der Waals surface area contributed by atoms with Gasteiger partial charge in [0, 0.05) is 17.6 Å². The van der Waals surface area contributed by atoms with Gasteiger partial charge in [-0.25, -0.2) is 8.42 Å². The number of ether oxygens (including phenoxy) is 1. The van der Waals surface area contributed by atoms with Gasteiger partial charge < -0.3 is 9.84 Å². The van der Waals surface area contributed by atoms with Crippen LogP contribution in [0.1, 0.15) is 31.4 Å². The van der Waals surface area contributed by atoms with Gasteiger partial charge in [-0.3, -0.25) is 0 Å². The van der Waals surface area contributed by atoms with Crippen LogP contribution in [-0.4, -0.2) is 32.1 Å². The predicted octanol–water partition coefficient (Wildman–Crippen LogP) is 1.94. The fraction of sp³-hybridized carbons (Fsp3) is 0.538. The maximum atomic E-state index is 11.0. The third-order valence-corrected chi connectivity index (χ3v) is 3.60. The van der Waals surface area contributed by atoms with Crippen molar-refractivity contribution >= 4 is 9.84 Å². The van der Waals surface area contributed by atoms with Crippen LogP contribution in [0.2, 0.25) is 0 Å². The van der Waals surface area contributed by atoms with Gasteiger partial charge in [0.2, 0.25) is 0 Å². The number of hydrogen-bond donors (Lipinski definition) is 1. The van der Waals surface area contributed by atoms with Gasteiger partial charge in [0.15, 0.2) is 0 Å². The van der Waals surface area contributed by atoms with E-state index in [0.29, 0.717) is 30.8 Å². The highest BCUT2D eigenvalue weighted by molar-refractivity contribution is 7.90. The molecule has 0 bridgehead atoms. The van der Waals surface area contributed by atoms with Crippen LogP contribution in [0.4, 0.5) is 0 Å². The van der Waals surface area contributed by atoms with E-state index in [0.717, 1.165) is 0 Å². The molecule has 1 unspecified atom stereocenters. The lowest BCUT2D eigenvalue weighted by atomic mass is 10.0. The molecule has 5 heteroatoms. The Morgan fingerprint density at radius 1 is 1.33 bits per heavy atom. The molecule has 0 aliphatic rings. The van der Waals surface area contributed by atoms with Crippen LogP contribution in [0.3, 0.4) is 0 Å². The summed E-state index contributed by atoms with van der Waals surface area (Å²) in [4.78, 5) is 0. The Morgan fingerprint density at radius 3 is 2.61 bits per heavy atom. The smallest absolute Gasteiger partial charge is 0.147 e. The first-order chi connectivity index (χ1) is 8.44. The molecular weight excluding hydrogens is 252 g/mol. The predicted molar refractivity (Wildman–Crippen MR) is 71.5 cm³/mol. The summed E-state index contributed by atoms with van der Waals surface area (Å²) in [5.41, 5.74) is 0.716. The minimum absolute atomic E-state index is 0.0981. The van der Waals surface area contributed by atoms with Crippen LogP contribution in [0, 0.1) is 0 Å². The largest absolute Gasteiger partial charge is 0.493 e. The Kier molecular flexibility index (Phi) is 5.62. The Hall–Kier alpha value is -1.07. The van der Waals surface area contributed by atoms with Crippen molar-refractivity contribution in [1.82, 2.24) is 0 Å². The number of aliphatic hydroxyl groups is 1. The van der Waals surface area contributed by atoms with E-state index in [4.69, 9.17) is 4.74 Å². The second-order valence-electron chi connectivity index (χ2n) is 4.26. The average molecular weight is 272 g/mol. The van der Waals surface area contributed by atoms with E-state index in [1.807, 2.05) is 19.1 Å². The van der Waals surface area contributed by atoms with Gasteiger partial charge in [-0.1, -0.05) is 18.2 Å². The van der Waals surface area contributed by atoms with Gasteiger partial charge in [-0.05, 0) is 25.8 Å². The van der Waals surface area contributed by atoms with E-state index >= 15 is 0 Å². The van der Waals surface area contributed by atoms with Gasteiger partial charge in [-0.15, -0.1) is 0 Å². The first-order valence-electron chi connectivity index (χ1n) is 6.01. The van der Waals surface area contributed by atoms with Crippen LogP contribution >= 0.6 is 0 Å². The SMILES string of the molecule is CCOc1ccccc1C(O)CCCS(C)(=O)=O. The third kappa shape index (κ3) is 5.06. The second kappa shape index (κ2) is 6.75. The van der Waals surface area contributed by atoms with Crippen molar-refractivity contribution in [3.8, 4) is 5.75 Å². The molecule has 0 radical (unpaired) electrons. The van der Waals surface area contributed by atoms with Crippen molar-refractivity contribution in [3.63, 3.8) is 0 Å². The van der Waals surface area contributed by atoms with Gasteiger partial charge in [-0.2, -0.15) is 0 Å². The molecule has 0 saturated carbocycles. The molecule has 18 heavy (non-hydrogen) atoms. The van der Waals surface area contributed by atoms with Gasteiger partial charge in [0.25, 0.3) is 0 Å². The molecule has 0 aliphatic carbocycles. The van der Waals surface area contributed by atoms with Crippen molar-refractivity contribution in [2.75, 3.05) is 18.6 Å². The van der Waals surface area contributed by atoms with E-state index in [9.17, 15) is 13.5 Å². The van der Waals surface area contributed by atoms with Crippen LogP contribution in [0.25, 0.3) is 0 Å². The van der Waals surface area contributed by atoms with Crippen molar-refractivity contribution in [2.24, 2.45) is 0 Å². The van der Waals surface area contributed by atoms with E-state index in [1.165, 1.54) is 6.26 Å². The quantitative estimate of drug-likeness (QED) is 0.824. The highest BCUT2D eigenvalue weighted by Gasteiger charge is 2.13. The summed E-state index contributed by atoms with van der Waals surface area (Å²) >= 11 is 0. The number of para-hydroxylation sites is 1. The minimum atomic E-state index is -2.96. The average Bonchev–Trinajstić information content (AvgIpc) is 2.28. The highest BCUT2D eigenvalue weighted by atomic mass is 32.2. The van der Waals surface area contributed by atoms with Crippen molar-refractivity contribution in [1.29, 1.82) is 0 Å². The summed E-state index contributed by atoms with van der Waals surface area (Å²) in [6, 6.07) is 7.28. The lowest BCUT2D eigenvalue weighted by molar-refractivity contribution is 0.161. The molecule has 0 fully saturated rings. The van der Waals surface area contributed by atoms with Crippen LogP contribution < -0.4 is 4.74 Å². The minimum Gasteiger partial charge on any atom is -0.493 e. The number of sulfone groups is 1. The third-order valence-electron chi connectivity index (χ3n) is 2.57. The fourth-order valence-corrected chi connectivity index (χ4v) is 2.43. The normalized spacial score (nSPS) is 13.3. The van der Waals surface area contributed by atoms with Crippen LogP contribution in [0.5, 0.6) is 5.75 Å². The number of benzene rings is 1. The van der Waals surface area contributed by atoms with Gasteiger partial charge in [0.05, 0.1) is 12.7 Å². The van der Waals surface area contributed by atoms with Crippen LogP contribution in [-0.2, 0) is 9.84 Å². The van der Waals surface area contributed by atoms with Crippen molar-refractivity contribution in [3.05, 3.63) is 29.8 Å². The molecule has 0 amide bonds. The lowest BCUT2D eigenvalue weighted by Crippen LogP contribution is -2.07. The summed E-state index contributed by atoms with van der Waals surface area (Å²) in [6.45, 7) is 2.42. The summed E-state index contributed by atoms with van der Waals surface area (Å²) in [5.74, 6) is 0.757. The summed E-state index contributed by atoms with van der Waals surface area (Å²) < 4.78 is 27.5. The summed E-state index contributed by atoms with van der Waals surface area (Å²) in [5, 5.41) is 10.0. The Balaban J connectivity index is 2.63. The molecule has 4 nitrogen and oxygen atoms in total.